The number of hydrogen-bond acceptors (Lipinski definition) is 3. The molecular formula is C8H8N3S2+. The molecular weight excluding hydrogens is 202 g/mol. The third kappa shape index (κ3) is 1.53. The standard InChI is InChI=1S/C8H7N3S2/c9-13-7(10-11-8(13)12)6-4-2-1-3-5-6/h1-5H,9H2/p+1. The van der Waals surface area contributed by atoms with Crippen LogP contribution in [0.1, 0.15) is 0 Å². The third-order valence-electron chi connectivity index (χ3n) is 1.68. The van der Waals surface area contributed by atoms with E-state index in [4.69, 9.17) is 17.4 Å². The van der Waals surface area contributed by atoms with Crippen molar-refractivity contribution in [1.29, 1.82) is 0 Å². The van der Waals surface area contributed by atoms with Crippen molar-refractivity contribution >= 4 is 22.9 Å². The number of nitrogens with one attached hydrogen (secondary N) is 1. The quantitative estimate of drug-likeness (QED) is 0.561. The fraction of sp³-hybridized carbons (Fsp3) is 0. The summed E-state index contributed by atoms with van der Waals surface area (Å²) in [4.78, 5) is 0. The molecule has 0 fully saturated rings. The molecule has 0 aliphatic heterocycles. The number of aromatic amines is 1. The summed E-state index contributed by atoms with van der Waals surface area (Å²) in [5, 5.41) is 13.5. The highest BCUT2D eigenvalue weighted by Crippen LogP contribution is 2.26. The van der Waals surface area contributed by atoms with E-state index in [0.29, 0.717) is 3.95 Å². The molecule has 0 amide bonds. The highest BCUT2D eigenvalue weighted by atomic mass is 32.2. The monoisotopic (exact) mass is 210 g/mol. The van der Waals surface area contributed by atoms with Crippen LogP contribution in [0.2, 0.25) is 0 Å². The van der Waals surface area contributed by atoms with Gasteiger partial charge in [0.15, 0.2) is 0 Å². The van der Waals surface area contributed by atoms with Crippen LogP contribution < -0.4 is 5.14 Å². The minimum Gasteiger partial charge on any atom is -0.217 e. The first-order valence-electron chi connectivity index (χ1n) is 3.71. The molecule has 0 bridgehead atoms. The summed E-state index contributed by atoms with van der Waals surface area (Å²) >= 11 is 4.98. The summed E-state index contributed by atoms with van der Waals surface area (Å²) in [5.74, 6) is 0. The van der Waals surface area contributed by atoms with E-state index in [9.17, 15) is 0 Å². The molecule has 1 aromatic carbocycles. The lowest BCUT2D eigenvalue weighted by Crippen LogP contribution is -1.83. The van der Waals surface area contributed by atoms with Crippen LogP contribution in [0.5, 0.6) is 0 Å². The minimum atomic E-state index is -0.536. The lowest BCUT2D eigenvalue weighted by Gasteiger charge is -1.91. The number of benzene rings is 1. The smallest absolute Gasteiger partial charge is 0.217 e. The van der Waals surface area contributed by atoms with E-state index in [-0.39, 0.29) is 0 Å². The maximum Gasteiger partial charge on any atom is 0.390 e. The second-order valence-electron chi connectivity index (χ2n) is 2.52. The Kier molecular flexibility index (Phi) is 2.22. The molecule has 5 heteroatoms. The zero-order valence-electron chi connectivity index (χ0n) is 6.73. The van der Waals surface area contributed by atoms with E-state index in [2.05, 4.69) is 10.2 Å². The normalized spacial score (nSPS) is 11.6. The molecule has 0 aliphatic carbocycles. The van der Waals surface area contributed by atoms with Crippen LogP contribution >= 0.6 is 22.9 Å². The van der Waals surface area contributed by atoms with Crippen LogP contribution in [0.4, 0.5) is 0 Å². The van der Waals surface area contributed by atoms with Crippen molar-refractivity contribution in [2.45, 2.75) is 0 Å². The van der Waals surface area contributed by atoms with Crippen LogP contribution in [0.3, 0.4) is 0 Å². The van der Waals surface area contributed by atoms with Gasteiger partial charge in [-0.2, -0.15) is 5.14 Å². The van der Waals surface area contributed by atoms with E-state index in [1.54, 1.807) is 0 Å². The zero-order chi connectivity index (χ0) is 9.26. The first-order chi connectivity index (χ1) is 6.29. The summed E-state index contributed by atoms with van der Waals surface area (Å²) < 4.78 is 0.610. The number of nitrogen functional groups attached to an aromatic ring is 1. The van der Waals surface area contributed by atoms with E-state index < -0.39 is 10.7 Å². The summed E-state index contributed by atoms with van der Waals surface area (Å²) in [6, 6.07) is 9.81. The molecule has 1 atom stereocenters. The van der Waals surface area contributed by atoms with Crippen molar-refractivity contribution < 1.29 is 0 Å². The SMILES string of the molecule is N[s+]1c(-c2ccccc2)n[nH]c1=S. The lowest BCUT2D eigenvalue weighted by molar-refractivity contribution is 1.08. The largest absolute Gasteiger partial charge is 0.390 e. The first-order valence-corrected chi connectivity index (χ1v) is 5.40. The van der Waals surface area contributed by atoms with Crippen LogP contribution in [-0.2, 0) is 0 Å². The molecule has 1 aromatic heterocycles. The van der Waals surface area contributed by atoms with Gasteiger partial charge >= 0.3 is 3.95 Å². The fourth-order valence-corrected chi connectivity index (χ4v) is 2.19. The predicted octanol–water partition coefficient (Wildman–Crippen LogP) is 2.27. The van der Waals surface area contributed by atoms with E-state index in [1.807, 2.05) is 30.3 Å². The molecule has 3 N–H and O–H groups in total. The van der Waals surface area contributed by atoms with Gasteiger partial charge < -0.3 is 0 Å². The van der Waals surface area contributed by atoms with Gasteiger partial charge in [0.05, 0.1) is 10.7 Å². The van der Waals surface area contributed by atoms with Gasteiger partial charge in [-0.1, -0.05) is 18.2 Å². The molecule has 2 aromatic rings. The molecule has 2 rings (SSSR count). The van der Waals surface area contributed by atoms with Crippen LogP contribution in [0.15, 0.2) is 30.3 Å². The van der Waals surface area contributed by atoms with E-state index in [1.165, 1.54) is 0 Å². The van der Waals surface area contributed by atoms with Gasteiger partial charge in [0.25, 0.3) is 12.2 Å². The van der Waals surface area contributed by atoms with Gasteiger partial charge in [-0.3, -0.25) is 0 Å². The number of H-pyrrole nitrogens is 1. The Bertz CT molecular complexity index is 458. The molecule has 13 heavy (non-hydrogen) atoms. The average Bonchev–Trinajstić information content (AvgIpc) is 2.49. The number of nitrogens with zero attached hydrogens (tertiary/aromatic N) is 1. The second kappa shape index (κ2) is 3.37. The summed E-state index contributed by atoms with van der Waals surface area (Å²) in [6.07, 6.45) is 0. The number of hydrogen-bond donors (Lipinski definition) is 2. The Morgan fingerprint density at radius 1 is 1.31 bits per heavy atom. The van der Waals surface area contributed by atoms with Gasteiger partial charge in [-0.05, 0) is 12.1 Å². The van der Waals surface area contributed by atoms with Crippen LogP contribution in [0.25, 0.3) is 10.6 Å². The van der Waals surface area contributed by atoms with Gasteiger partial charge in [0, 0.05) is 5.56 Å². The zero-order valence-corrected chi connectivity index (χ0v) is 8.36. The number of nitrogens with two attached hydrogens (primary N) is 1. The van der Waals surface area contributed by atoms with E-state index in [0.717, 1.165) is 10.6 Å². The van der Waals surface area contributed by atoms with Crippen molar-refractivity contribution in [2.75, 3.05) is 5.14 Å². The third-order valence-corrected chi connectivity index (χ3v) is 3.54. The van der Waals surface area contributed by atoms with Crippen LogP contribution in [-0.4, -0.2) is 10.2 Å². The second-order valence-corrected chi connectivity index (χ2v) is 4.66. The Hall–Kier alpha value is -1.04. The topological polar surface area (TPSA) is 54.7 Å². The Morgan fingerprint density at radius 3 is 2.54 bits per heavy atom. The van der Waals surface area contributed by atoms with Crippen molar-refractivity contribution in [3.05, 3.63) is 34.3 Å². The summed E-state index contributed by atoms with van der Waals surface area (Å²) in [5.41, 5.74) is 1.03. The first kappa shape index (κ1) is 8.55. The Balaban J connectivity index is 2.60. The van der Waals surface area contributed by atoms with Gasteiger partial charge in [-0.25, -0.2) is 5.10 Å². The molecule has 0 radical (unpaired) electrons. The molecule has 1 unspecified atom stereocenters. The Labute approximate surface area is 83.3 Å². The molecule has 1 heterocycles. The van der Waals surface area contributed by atoms with Crippen molar-refractivity contribution in [3.63, 3.8) is 0 Å². The lowest BCUT2D eigenvalue weighted by atomic mass is 10.2. The van der Waals surface area contributed by atoms with E-state index >= 15 is 0 Å². The van der Waals surface area contributed by atoms with Crippen molar-refractivity contribution in [2.24, 2.45) is 0 Å². The number of rotatable bonds is 1. The van der Waals surface area contributed by atoms with Crippen molar-refractivity contribution in [3.8, 4) is 10.6 Å². The Morgan fingerprint density at radius 2 is 2.00 bits per heavy atom. The molecule has 3 nitrogen and oxygen atoms in total. The maximum atomic E-state index is 5.85. The van der Waals surface area contributed by atoms with Gasteiger partial charge in [-0.15, -0.1) is 5.10 Å². The molecule has 0 saturated heterocycles. The predicted molar refractivity (Wildman–Crippen MR) is 57.5 cm³/mol. The minimum absolute atomic E-state index is 0.536. The summed E-state index contributed by atoms with van der Waals surface area (Å²) in [6.45, 7) is 0. The van der Waals surface area contributed by atoms with Crippen LogP contribution in [0, 0.1) is 3.95 Å². The highest BCUT2D eigenvalue weighted by molar-refractivity contribution is 7.74. The molecule has 0 saturated carbocycles. The number of aromatic nitrogens is 2. The molecule has 0 aliphatic rings. The molecule has 0 spiro atoms. The summed E-state index contributed by atoms with van der Waals surface area (Å²) in [7, 11) is -0.536. The molecule has 66 valence electrons. The fourth-order valence-electron chi connectivity index (χ4n) is 1.05. The maximum absolute atomic E-state index is 5.85. The average molecular weight is 210 g/mol. The van der Waals surface area contributed by atoms with Gasteiger partial charge in [0.2, 0.25) is 5.01 Å². The van der Waals surface area contributed by atoms with Gasteiger partial charge in [0.1, 0.15) is 0 Å². The van der Waals surface area contributed by atoms with Crippen molar-refractivity contribution in [1.82, 2.24) is 10.2 Å². The highest BCUT2D eigenvalue weighted by Gasteiger charge is 2.13.